The van der Waals surface area contributed by atoms with Gasteiger partial charge in [0, 0.05) is 25.8 Å². The van der Waals surface area contributed by atoms with E-state index in [1.54, 1.807) is 6.33 Å². The minimum absolute atomic E-state index is 0.129. The molecule has 2 aliphatic rings. The van der Waals surface area contributed by atoms with E-state index in [1.807, 2.05) is 6.07 Å². The third kappa shape index (κ3) is 2.25. The number of ether oxygens (including phenoxy) is 1. The Morgan fingerprint density at radius 1 is 1.35 bits per heavy atom. The van der Waals surface area contributed by atoms with E-state index in [0.717, 1.165) is 43.9 Å². The molecule has 92 valence electrons. The van der Waals surface area contributed by atoms with Gasteiger partial charge in [0.05, 0.1) is 17.9 Å². The second-order valence-corrected chi connectivity index (χ2v) is 4.69. The SMILES string of the molecule is OC1CCN(c2cc(C3CCCO3)ncn2)C1. The van der Waals surface area contributed by atoms with Crippen molar-refractivity contribution in [2.75, 3.05) is 24.6 Å². The third-order valence-corrected chi connectivity index (χ3v) is 3.42. The number of β-amino-alcohol motifs (C(OH)–C–C–N with tert-alkyl or cyclic N) is 1. The molecule has 0 amide bonds. The largest absolute Gasteiger partial charge is 0.391 e. The first-order valence-corrected chi connectivity index (χ1v) is 6.19. The Bertz CT molecular complexity index is 393. The quantitative estimate of drug-likeness (QED) is 0.825. The minimum atomic E-state index is -0.226. The van der Waals surface area contributed by atoms with Crippen LogP contribution in [0.3, 0.4) is 0 Å². The van der Waals surface area contributed by atoms with Crippen LogP contribution in [-0.2, 0) is 4.74 Å². The average molecular weight is 235 g/mol. The first kappa shape index (κ1) is 10.9. The van der Waals surface area contributed by atoms with Crippen LogP contribution in [0.4, 0.5) is 5.82 Å². The molecule has 2 fully saturated rings. The summed E-state index contributed by atoms with van der Waals surface area (Å²) in [5.74, 6) is 0.905. The summed E-state index contributed by atoms with van der Waals surface area (Å²) in [6.07, 6.45) is 4.46. The van der Waals surface area contributed by atoms with Crippen LogP contribution in [0.1, 0.15) is 31.1 Å². The summed E-state index contributed by atoms with van der Waals surface area (Å²) in [6.45, 7) is 2.36. The van der Waals surface area contributed by atoms with E-state index in [2.05, 4.69) is 14.9 Å². The molecule has 17 heavy (non-hydrogen) atoms. The van der Waals surface area contributed by atoms with Gasteiger partial charge >= 0.3 is 0 Å². The molecular formula is C12H17N3O2. The van der Waals surface area contributed by atoms with Crippen molar-refractivity contribution in [3.8, 4) is 0 Å². The summed E-state index contributed by atoms with van der Waals surface area (Å²) in [5.41, 5.74) is 0.967. The van der Waals surface area contributed by atoms with Crippen LogP contribution in [0.15, 0.2) is 12.4 Å². The number of nitrogens with zero attached hydrogens (tertiary/aromatic N) is 3. The summed E-state index contributed by atoms with van der Waals surface area (Å²) < 4.78 is 5.62. The van der Waals surface area contributed by atoms with Crippen molar-refractivity contribution in [3.63, 3.8) is 0 Å². The first-order valence-electron chi connectivity index (χ1n) is 6.19. The molecule has 2 unspecified atom stereocenters. The van der Waals surface area contributed by atoms with E-state index in [9.17, 15) is 5.11 Å². The number of hydrogen-bond donors (Lipinski definition) is 1. The van der Waals surface area contributed by atoms with Crippen molar-refractivity contribution in [2.45, 2.75) is 31.5 Å². The lowest BCUT2D eigenvalue weighted by Crippen LogP contribution is -2.22. The Kier molecular flexibility index (Phi) is 2.94. The number of aliphatic hydroxyl groups excluding tert-OH is 1. The van der Waals surface area contributed by atoms with Gasteiger partial charge in [0.15, 0.2) is 0 Å². The van der Waals surface area contributed by atoms with E-state index in [1.165, 1.54) is 0 Å². The van der Waals surface area contributed by atoms with Crippen LogP contribution in [-0.4, -0.2) is 40.9 Å². The molecule has 5 heteroatoms. The highest BCUT2D eigenvalue weighted by Crippen LogP contribution is 2.29. The molecular weight excluding hydrogens is 218 g/mol. The van der Waals surface area contributed by atoms with Gasteiger partial charge < -0.3 is 14.7 Å². The molecule has 2 aliphatic heterocycles. The highest BCUT2D eigenvalue weighted by Gasteiger charge is 2.24. The maximum Gasteiger partial charge on any atom is 0.132 e. The van der Waals surface area contributed by atoms with Crippen molar-refractivity contribution in [1.82, 2.24) is 9.97 Å². The molecule has 0 spiro atoms. The van der Waals surface area contributed by atoms with Crippen LogP contribution in [0.5, 0.6) is 0 Å². The lowest BCUT2D eigenvalue weighted by Gasteiger charge is -2.17. The van der Waals surface area contributed by atoms with Gasteiger partial charge in [-0.15, -0.1) is 0 Å². The van der Waals surface area contributed by atoms with E-state index >= 15 is 0 Å². The second kappa shape index (κ2) is 4.58. The second-order valence-electron chi connectivity index (χ2n) is 4.69. The lowest BCUT2D eigenvalue weighted by atomic mass is 10.2. The van der Waals surface area contributed by atoms with E-state index in [0.29, 0.717) is 6.54 Å². The standard InChI is InChI=1S/C12H17N3O2/c16-9-3-4-15(7-9)12-6-10(13-8-14-12)11-2-1-5-17-11/h6,8-9,11,16H,1-5,7H2. The van der Waals surface area contributed by atoms with Crippen LogP contribution in [0, 0.1) is 0 Å². The third-order valence-electron chi connectivity index (χ3n) is 3.42. The van der Waals surface area contributed by atoms with Crippen molar-refractivity contribution in [2.24, 2.45) is 0 Å². The molecule has 3 heterocycles. The first-order chi connectivity index (χ1) is 8.33. The van der Waals surface area contributed by atoms with E-state index < -0.39 is 0 Å². The summed E-state index contributed by atoms with van der Waals surface area (Å²) in [6, 6.07) is 1.99. The monoisotopic (exact) mass is 235 g/mol. The molecule has 2 atom stereocenters. The lowest BCUT2D eigenvalue weighted by molar-refractivity contribution is 0.108. The predicted octanol–water partition coefficient (Wildman–Crippen LogP) is 0.899. The van der Waals surface area contributed by atoms with Gasteiger partial charge in [0.2, 0.25) is 0 Å². The minimum Gasteiger partial charge on any atom is -0.391 e. The van der Waals surface area contributed by atoms with Crippen LogP contribution in [0.2, 0.25) is 0 Å². The Hall–Kier alpha value is -1.20. The molecule has 1 N–H and O–H groups in total. The number of rotatable bonds is 2. The van der Waals surface area contributed by atoms with Gasteiger partial charge in [-0.05, 0) is 19.3 Å². The zero-order chi connectivity index (χ0) is 11.7. The topological polar surface area (TPSA) is 58.5 Å². The fourth-order valence-corrected chi connectivity index (χ4v) is 2.47. The predicted molar refractivity (Wildman–Crippen MR) is 62.8 cm³/mol. The van der Waals surface area contributed by atoms with Crippen LogP contribution >= 0.6 is 0 Å². The smallest absolute Gasteiger partial charge is 0.132 e. The van der Waals surface area contributed by atoms with E-state index in [-0.39, 0.29) is 12.2 Å². The molecule has 2 saturated heterocycles. The molecule has 0 radical (unpaired) electrons. The molecule has 0 aromatic carbocycles. The summed E-state index contributed by atoms with van der Waals surface area (Å²) in [5, 5.41) is 9.53. The average Bonchev–Trinajstić information content (AvgIpc) is 3.00. The maximum absolute atomic E-state index is 9.53. The Morgan fingerprint density at radius 2 is 2.29 bits per heavy atom. The number of aliphatic hydroxyl groups is 1. The molecule has 5 nitrogen and oxygen atoms in total. The summed E-state index contributed by atoms with van der Waals surface area (Å²) in [7, 11) is 0. The maximum atomic E-state index is 9.53. The zero-order valence-electron chi connectivity index (χ0n) is 9.75. The van der Waals surface area contributed by atoms with Crippen molar-refractivity contribution >= 4 is 5.82 Å². The highest BCUT2D eigenvalue weighted by atomic mass is 16.5. The van der Waals surface area contributed by atoms with Gasteiger partial charge in [-0.25, -0.2) is 9.97 Å². The van der Waals surface area contributed by atoms with Gasteiger partial charge in [0.25, 0.3) is 0 Å². The molecule has 3 rings (SSSR count). The highest BCUT2D eigenvalue weighted by molar-refractivity contribution is 5.40. The number of anilines is 1. The zero-order valence-corrected chi connectivity index (χ0v) is 9.75. The molecule has 1 aromatic rings. The molecule has 0 aliphatic carbocycles. The van der Waals surface area contributed by atoms with Gasteiger partial charge in [-0.2, -0.15) is 0 Å². The summed E-state index contributed by atoms with van der Waals surface area (Å²) in [4.78, 5) is 10.7. The summed E-state index contributed by atoms with van der Waals surface area (Å²) >= 11 is 0. The normalized spacial score (nSPS) is 28.9. The molecule has 0 bridgehead atoms. The molecule has 0 saturated carbocycles. The van der Waals surface area contributed by atoms with Crippen molar-refractivity contribution < 1.29 is 9.84 Å². The van der Waals surface area contributed by atoms with Gasteiger partial charge in [-0.1, -0.05) is 0 Å². The fourth-order valence-electron chi connectivity index (χ4n) is 2.47. The van der Waals surface area contributed by atoms with E-state index in [4.69, 9.17) is 4.74 Å². The number of aromatic nitrogens is 2. The Labute approximate surface area is 100 Å². The van der Waals surface area contributed by atoms with Crippen LogP contribution < -0.4 is 4.90 Å². The Balaban J connectivity index is 1.78. The van der Waals surface area contributed by atoms with Crippen molar-refractivity contribution in [3.05, 3.63) is 18.1 Å². The van der Waals surface area contributed by atoms with Gasteiger partial charge in [-0.3, -0.25) is 0 Å². The fraction of sp³-hybridized carbons (Fsp3) is 0.667. The Morgan fingerprint density at radius 3 is 3.00 bits per heavy atom. The molecule has 1 aromatic heterocycles. The number of hydrogen-bond acceptors (Lipinski definition) is 5. The van der Waals surface area contributed by atoms with Gasteiger partial charge in [0.1, 0.15) is 12.1 Å². The van der Waals surface area contributed by atoms with Crippen LogP contribution in [0.25, 0.3) is 0 Å². The van der Waals surface area contributed by atoms with Crippen molar-refractivity contribution in [1.29, 1.82) is 0 Å².